The lowest BCUT2D eigenvalue weighted by Gasteiger charge is -2.19. The molecule has 0 aliphatic carbocycles. The van der Waals surface area contributed by atoms with Crippen molar-refractivity contribution in [2.75, 3.05) is 12.4 Å². The van der Waals surface area contributed by atoms with Crippen molar-refractivity contribution in [1.29, 1.82) is 0 Å². The fourth-order valence-electron chi connectivity index (χ4n) is 1.54. The first-order valence-corrected chi connectivity index (χ1v) is 8.05. The van der Waals surface area contributed by atoms with Crippen LogP contribution < -0.4 is 0 Å². The average Bonchev–Trinajstić information content (AvgIpc) is 2.35. The molecule has 0 aliphatic heterocycles. The molecule has 2 nitrogen and oxygen atoms in total. The van der Waals surface area contributed by atoms with Gasteiger partial charge in [0.05, 0.1) is 6.61 Å². The van der Waals surface area contributed by atoms with Gasteiger partial charge in [0, 0.05) is 12.8 Å². The van der Waals surface area contributed by atoms with Gasteiger partial charge >= 0.3 is 5.97 Å². The van der Waals surface area contributed by atoms with E-state index in [-0.39, 0.29) is 30.0 Å². The summed E-state index contributed by atoms with van der Waals surface area (Å²) in [4.78, 5) is 11.8. The van der Waals surface area contributed by atoms with Crippen LogP contribution >= 0.6 is 11.8 Å². The van der Waals surface area contributed by atoms with Crippen LogP contribution in [-0.4, -0.2) is 29.5 Å². The first kappa shape index (κ1) is 18.7. The van der Waals surface area contributed by atoms with Gasteiger partial charge < -0.3 is 4.74 Å². The van der Waals surface area contributed by atoms with Crippen molar-refractivity contribution in [1.82, 2.24) is 0 Å². The van der Waals surface area contributed by atoms with Gasteiger partial charge in [0.1, 0.15) is 5.25 Å². The Labute approximate surface area is 119 Å². The van der Waals surface area contributed by atoms with Crippen molar-refractivity contribution in [2.45, 2.75) is 64.6 Å². The van der Waals surface area contributed by atoms with Crippen LogP contribution in [0.15, 0.2) is 0 Å². The lowest BCUT2D eigenvalue weighted by atomic mass is 10.1. The Morgan fingerprint density at radius 3 is 2.42 bits per heavy atom. The Hall–Kier alpha value is -0.320. The Morgan fingerprint density at radius 2 is 1.95 bits per heavy atom. The molecule has 1 atom stereocenters. The zero-order chi connectivity index (χ0) is 14.9. The van der Waals surface area contributed by atoms with Gasteiger partial charge in [0.15, 0.2) is 0 Å². The zero-order valence-electron chi connectivity index (χ0n) is 12.4. The van der Waals surface area contributed by atoms with E-state index in [2.05, 4.69) is 0 Å². The summed E-state index contributed by atoms with van der Waals surface area (Å²) in [6.07, 6.45) is 0.995. The molecule has 0 saturated carbocycles. The van der Waals surface area contributed by atoms with Crippen molar-refractivity contribution >= 4 is 17.7 Å². The Balaban J connectivity index is 4.05. The quantitative estimate of drug-likeness (QED) is 0.438. The molecule has 0 amide bonds. The van der Waals surface area contributed by atoms with E-state index in [1.807, 2.05) is 20.8 Å². The first-order valence-electron chi connectivity index (χ1n) is 7.00. The van der Waals surface area contributed by atoms with Gasteiger partial charge in [0.2, 0.25) is 5.92 Å². The van der Waals surface area contributed by atoms with Gasteiger partial charge in [-0.2, -0.15) is 0 Å². The smallest absolute Gasteiger partial charge is 0.319 e. The molecule has 0 aromatic carbocycles. The minimum Gasteiger partial charge on any atom is -0.465 e. The van der Waals surface area contributed by atoms with Gasteiger partial charge in [0.25, 0.3) is 0 Å². The number of carbonyl (C=O) groups excluding carboxylic acids is 1. The highest BCUT2D eigenvalue weighted by Gasteiger charge is 2.27. The fraction of sp³-hybridized carbons (Fsp3) is 0.929. The van der Waals surface area contributed by atoms with Gasteiger partial charge in [-0.1, -0.05) is 27.7 Å². The Bertz CT molecular complexity index is 258. The van der Waals surface area contributed by atoms with Crippen LogP contribution in [0.3, 0.4) is 0 Å². The van der Waals surface area contributed by atoms with E-state index in [9.17, 15) is 13.6 Å². The molecular formula is C14H26F2O2S. The minimum atomic E-state index is -2.57. The first-order chi connectivity index (χ1) is 8.84. The molecular weight excluding hydrogens is 270 g/mol. The third-order valence-corrected chi connectivity index (χ3v) is 4.41. The summed E-state index contributed by atoms with van der Waals surface area (Å²) in [6.45, 7) is 7.76. The number of thioether (sulfide) groups is 1. The predicted molar refractivity (Wildman–Crippen MR) is 76.8 cm³/mol. The van der Waals surface area contributed by atoms with E-state index in [1.165, 1.54) is 18.7 Å². The second kappa shape index (κ2) is 9.56. The second-order valence-electron chi connectivity index (χ2n) is 5.02. The van der Waals surface area contributed by atoms with E-state index in [1.54, 1.807) is 0 Å². The minimum absolute atomic E-state index is 0.106. The van der Waals surface area contributed by atoms with Crippen LogP contribution in [0.1, 0.15) is 53.4 Å². The van der Waals surface area contributed by atoms with E-state index >= 15 is 0 Å². The van der Waals surface area contributed by atoms with E-state index < -0.39 is 5.92 Å². The van der Waals surface area contributed by atoms with Crippen LogP contribution in [-0.2, 0) is 9.53 Å². The van der Waals surface area contributed by atoms with Crippen molar-refractivity contribution in [3.8, 4) is 0 Å². The maximum Gasteiger partial charge on any atom is 0.319 e. The third kappa shape index (κ3) is 8.45. The number of rotatable bonds is 10. The van der Waals surface area contributed by atoms with Crippen molar-refractivity contribution < 1.29 is 18.3 Å². The highest BCUT2D eigenvalue weighted by atomic mass is 32.2. The summed E-state index contributed by atoms with van der Waals surface area (Å²) in [5.74, 6) is -2.07. The maximum atomic E-state index is 13.1. The zero-order valence-corrected chi connectivity index (χ0v) is 13.2. The number of hydrogen-bond donors (Lipinski definition) is 0. The molecule has 114 valence electrons. The Morgan fingerprint density at radius 1 is 1.32 bits per heavy atom. The molecule has 0 saturated heterocycles. The van der Waals surface area contributed by atoms with Crippen LogP contribution in [0.2, 0.25) is 0 Å². The monoisotopic (exact) mass is 296 g/mol. The van der Waals surface area contributed by atoms with E-state index in [4.69, 9.17) is 4.74 Å². The molecule has 0 aromatic rings. The highest BCUT2D eigenvalue weighted by molar-refractivity contribution is 8.00. The summed E-state index contributed by atoms with van der Waals surface area (Å²) < 4.78 is 31.2. The predicted octanol–water partition coefficient (Wildman–Crippen LogP) is 4.52. The highest BCUT2D eigenvalue weighted by Crippen LogP contribution is 2.27. The lowest BCUT2D eigenvalue weighted by Crippen LogP contribution is -2.26. The van der Waals surface area contributed by atoms with Crippen molar-refractivity contribution in [3.63, 3.8) is 0 Å². The maximum absolute atomic E-state index is 13.1. The molecule has 0 rings (SSSR count). The fourth-order valence-corrected chi connectivity index (χ4v) is 2.69. The normalized spacial score (nSPS) is 13.6. The van der Waals surface area contributed by atoms with Gasteiger partial charge in [-0.05, 0) is 24.5 Å². The summed E-state index contributed by atoms with van der Waals surface area (Å²) in [5.41, 5.74) is 0. The average molecular weight is 296 g/mol. The SMILES string of the molecule is CCCOC(=O)C(SCCCC(F)(F)CC)C(C)C. The van der Waals surface area contributed by atoms with Crippen LogP contribution in [0, 0.1) is 5.92 Å². The van der Waals surface area contributed by atoms with Crippen LogP contribution in [0.5, 0.6) is 0 Å². The lowest BCUT2D eigenvalue weighted by molar-refractivity contribution is -0.143. The van der Waals surface area contributed by atoms with Gasteiger partial charge in [-0.3, -0.25) is 4.79 Å². The molecule has 0 spiro atoms. The molecule has 0 heterocycles. The summed E-state index contributed by atoms with van der Waals surface area (Å²) in [5, 5.41) is -0.248. The van der Waals surface area contributed by atoms with Crippen molar-refractivity contribution in [2.24, 2.45) is 5.92 Å². The van der Waals surface area contributed by atoms with E-state index in [0.717, 1.165) is 6.42 Å². The van der Waals surface area contributed by atoms with Crippen LogP contribution in [0.4, 0.5) is 8.78 Å². The number of ether oxygens (including phenoxy) is 1. The summed E-state index contributed by atoms with van der Waals surface area (Å²) in [7, 11) is 0. The van der Waals surface area contributed by atoms with Gasteiger partial charge in [-0.15, -0.1) is 11.8 Å². The van der Waals surface area contributed by atoms with Crippen molar-refractivity contribution in [3.05, 3.63) is 0 Å². The standard InChI is InChI=1S/C14H26F2O2S/c1-5-9-18-13(17)12(11(3)4)19-10-7-8-14(15,16)6-2/h11-12H,5-10H2,1-4H3. The number of esters is 1. The molecule has 0 N–H and O–H groups in total. The molecule has 5 heteroatoms. The number of alkyl halides is 2. The van der Waals surface area contributed by atoms with Gasteiger partial charge in [-0.25, -0.2) is 8.78 Å². The molecule has 0 radical (unpaired) electrons. The molecule has 1 unspecified atom stereocenters. The van der Waals surface area contributed by atoms with Crippen LogP contribution in [0.25, 0.3) is 0 Å². The number of carbonyl (C=O) groups is 1. The molecule has 19 heavy (non-hydrogen) atoms. The molecule has 0 bridgehead atoms. The molecule has 0 fully saturated rings. The molecule has 0 aliphatic rings. The summed E-state index contributed by atoms with van der Waals surface area (Å²) >= 11 is 1.43. The summed E-state index contributed by atoms with van der Waals surface area (Å²) in [6, 6.07) is 0. The van der Waals surface area contributed by atoms with E-state index in [0.29, 0.717) is 18.8 Å². The second-order valence-corrected chi connectivity index (χ2v) is 6.27. The Kier molecular flexibility index (Phi) is 9.40. The molecule has 0 aromatic heterocycles. The number of halogens is 2. The largest absolute Gasteiger partial charge is 0.465 e. The number of hydrogen-bond acceptors (Lipinski definition) is 3. The topological polar surface area (TPSA) is 26.3 Å². The third-order valence-electron chi connectivity index (χ3n) is 2.79.